The number of para-hydroxylation sites is 1. The highest BCUT2D eigenvalue weighted by molar-refractivity contribution is 7.93. The zero-order valence-electron chi connectivity index (χ0n) is 19.3. The van der Waals surface area contributed by atoms with Gasteiger partial charge in [0.05, 0.1) is 27.4 Å². The molecule has 2 aromatic heterocycles. The SMILES string of the molecule is COc1cccc(-c2nnc(NS(=O)(=O)[C@@H](C)[C@@H](O)C3CC3)n2-c2c(OC)cccc2OC)n1. The first-order chi connectivity index (χ1) is 16.3. The first-order valence-electron chi connectivity index (χ1n) is 10.7. The quantitative estimate of drug-likeness (QED) is 0.439. The highest BCUT2D eigenvalue weighted by atomic mass is 32.2. The van der Waals surface area contributed by atoms with E-state index in [0.29, 0.717) is 28.8 Å². The molecule has 0 saturated heterocycles. The molecule has 3 aromatic rings. The second kappa shape index (κ2) is 9.47. The number of hydrogen-bond acceptors (Lipinski definition) is 9. The van der Waals surface area contributed by atoms with E-state index >= 15 is 0 Å². The monoisotopic (exact) mass is 489 g/mol. The average Bonchev–Trinajstić information content (AvgIpc) is 3.63. The van der Waals surface area contributed by atoms with E-state index in [4.69, 9.17) is 14.2 Å². The minimum atomic E-state index is -4.02. The molecule has 1 aliphatic carbocycles. The number of nitrogens with one attached hydrogen (secondary N) is 1. The molecule has 0 aliphatic heterocycles. The van der Waals surface area contributed by atoms with E-state index in [1.165, 1.54) is 32.8 Å². The minimum Gasteiger partial charge on any atom is -0.494 e. The molecular weight excluding hydrogens is 462 g/mol. The highest BCUT2D eigenvalue weighted by Gasteiger charge is 2.40. The predicted molar refractivity (Wildman–Crippen MR) is 125 cm³/mol. The van der Waals surface area contributed by atoms with Crippen LogP contribution >= 0.6 is 0 Å². The first-order valence-corrected chi connectivity index (χ1v) is 12.2. The standard InChI is InChI=1S/C22H27N5O6S/c1-13(20(28)14-11-12-14)34(29,30)26-22-25-24-21(15-7-5-10-18(23-15)33-4)27(22)19-16(31-2)8-6-9-17(19)32-3/h5-10,13-14,20,28H,11-12H2,1-4H3,(H,25,26)/t13-,20+/m0/s1. The van der Waals surface area contributed by atoms with Crippen LogP contribution in [0.25, 0.3) is 17.2 Å². The van der Waals surface area contributed by atoms with E-state index in [-0.39, 0.29) is 17.7 Å². The molecule has 1 aliphatic rings. The molecule has 0 amide bonds. The number of benzene rings is 1. The van der Waals surface area contributed by atoms with Crippen LogP contribution < -0.4 is 18.9 Å². The Morgan fingerprint density at radius 3 is 2.26 bits per heavy atom. The van der Waals surface area contributed by atoms with Crippen molar-refractivity contribution in [3.8, 4) is 34.6 Å². The van der Waals surface area contributed by atoms with Gasteiger partial charge in [-0.15, -0.1) is 10.2 Å². The molecular formula is C22H27N5O6S. The van der Waals surface area contributed by atoms with Gasteiger partial charge >= 0.3 is 0 Å². The summed E-state index contributed by atoms with van der Waals surface area (Å²) in [5, 5.41) is 17.7. The van der Waals surface area contributed by atoms with Gasteiger partial charge in [0.1, 0.15) is 28.1 Å². The van der Waals surface area contributed by atoms with Crippen LogP contribution in [0.3, 0.4) is 0 Å². The van der Waals surface area contributed by atoms with Gasteiger partial charge in [-0.3, -0.25) is 9.29 Å². The molecule has 11 nitrogen and oxygen atoms in total. The number of aromatic nitrogens is 4. The third-order valence-electron chi connectivity index (χ3n) is 5.76. The topological polar surface area (TPSA) is 138 Å². The molecule has 1 aromatic carbocycles. The Morgan fingerprint density at radius 2 is 1.68 bits per heavy atom. The Labute approximate surface area is 197 Å². The molecule has 2 atom stereocenters. The molecule has 0 bridgehead atoms. The molecule has 182 valence electrons. The smallest absolute Gasteiger partial charge is 0.243 e. The maximum Gasteiger partial charge on any atom is 0.243 e. The fraction of sp³-hybridized carbons (Fsp3) is 0.409. The summed E-state index contributed by atoms with van der Waals surface area (Å²) >= 11 is 0. The summed E-state index contributed by atoms with van der Waals surface area (Å²) < 4.78 is 46.6. The van der Waals surface area contributed by atoms with Crippen molar-refractivity contribution in [2.45, 2.75) is 31.1 Å². The first kappa shape index (κ1) is 23.8. The van der Waals surface area contributed by atoms with E-state index in [1.807, 2.05) is 0 Å². The number of ether oxygens (including phenoxy) is 3. The Balaban J connectivity index is 1.88. The fourth-order valence-corrected chi connectivity index (χ4v) is 4.82. The molecule has 12 heteroatoms. The lowest BCUT2D eigenvalue weighted by molar-refractivity contribution is 0.150. The van der Waals surface area contributed by atoms with Crippen molar-refractivity contribution in [1.29, 1.82) is 0 Å². The van der Waals surface area contributed by atoms with Crippen molar-refractivity contribution >= 4 is 16.0 Å². The van der Waals surface area contributed by atoms with Crippen LogP contribution in [0.2, 0.25) is 0 Å². The maximum absolute atomic E-state index is 13.2. The van der Waals surface area contributed by atoms with E-state index in [9.17, 15) is 13.5 Å². The number of methoxy groups -OCH3 is 3. The Morgan fingerprint density at radius 1 is 1.03 bits per heavy atom. The number of nitrogens with zero attached hydrogens (tertiary/aromatic N) is 4. The van der Waals surface area contributed by atoms with Gasteiger partial charge in [0.25, 0.3) is 0 Å². The van der Waals surface area contributed by atoms with Crippen molar-refractivity contribution in [3.63, 3.8) is 0 Å². The number of sulfonamides is 1. The lowest BCUT2D eigenvalue weighted by Gasteiger charge is -2.21. The number of rotatable bonds is 10. The highest BCUT2D eigenvalue weighted by Crippen LogP contribution is 2.39. The van der Waals surface area contributed by atoms with Gasteiger partial charge in [-0.25, -0.2) is 13.4 Å². The molecule has 0 radical (unpaired) electrons. The third kappa shape index (κ3) is 4.50. The van der Waals surface area contributed by atoms with Crippen LogP contribution in [-0.2, 0) is 10.0 Å². The maximum atomic E-state index is 13.2. The van der Waals surface area contributed by atoms with Crippen molar-refractivity contribution in [2.24, 2.45) is 5.92 Å². The summed E-state index contributed by atoms with van der Waals surface area (Å²) in [6.45, 7) is 1.47. The lowest BCUT2D eigenvalue weighted by atomic mass is 10.2. The second-order valence-corrected chi connectivity index (χ2v) is 9.98. The average molecular weight is 490 g/mol. The minimum absolute atomic E-state index is 0.0182. The number of aliphatic hydroxyl groups is 1. The molecule has 34 heavy (non-hydrogen) atoms. The largest absolute Gasteiger partial charge is 0.494 e. The van der Waals surface area contributed by atoms with Crippen LogP contribution in [0, 0.1) is 5.92 Å². The molecule has 4 rings (SSSR count). The zero-order valence-corrected chi connectivity index (χ0v) is 20.1. The molecule has 0 unspecified atom stereocenters. The summed E-state index contributed by atoms with van der Waals surface area (Å²) in [5.41, 5.74) is 0.765. The van der Waals surface area contributed by atoms with Crippen LogP contribution in [0.1, 0.15) is 19.8 Å². The normalized spacial score (nSPS) is 15.4. The number of aliphatic hydroxyl groups excluding tert-OH is 1. The van der Waals surface area contributed by atoms with Crippen molar-refractivity contribution < 1.29 is 27.7 Å². The van der Waals surface area contributed by atoms with Crippen molar-refractivity contribution in [1.82, 2.24) is 19.7 Å². The van der Waals surface area contributed by atoms with Gasteiger partial charge in [-0.1, -0.05) is 12.1 Å². The summed E-state index contributed by atoms with van der Waals surface area (Å²) in [5.74, 6) is 1.26. The predicted octanol–water partition coefficient (Wildman–Crippen LogP) is 2.26. The van der Waals surface area contributed by atoms with E-state index in [2.05, 4.69) is 19.9 Å². The van der Waals surface area contributed by atoms with Gasteiger partial charge < -0.3 is 19.3 Å². The molecule has 1 fully saturated rings. The third-order valence-corrected chi connectivity index (χ3v) is 7.48. The van der Waals surface area contributed by atoms with Gasteiger partial charge in [0, 0.05) is 6.07 Å². The van der Waals surface area contributed by atoms with Gasteiger partial charge in [0.15, 0.2) is 5.82 Å². The van der Waals surface area contributed by atoms with Crippen molar-refractivity contribution in [3.05, 3.63) is 36.4 Å². The van der Waals surface area contributed by atoms with E-state index in [0.717, 1.165) is 12.8 Å². The Hall–Kier alpha value is -3.38. The second-order valence-electron chi connectivity index (χ2n) is 7.94. The van der Waals surface area contributed by atoms with Gasteiger partial charge in [-0.2, -0.15) is 0 Å². The Kier molecular flexibility index (Phi) is 6.62. The number of anilines is 1. The van der Waals surface area contributed by atoms with Crippen LogP contribution in [0.4, 0.5) is 5.95 Å². The van der Waals surface area contributed by atoms with Crippen molar-refractivity contribution in [2.75, 3.05) is 26.1 Å². The van der Waals surface area contributed by atoms with Gasteiger partial charge in [-0.05, 0) is 43.9 Å². The molecule has 1 saturated carbocycles. The summed E-state index contributed by atoms with van der Waals surface area (Å²) in [6.07, 6.45) is 0.636. The summed E-state index contributed by atoms with van der Waals surface area (Å²) in [7, 11) is 0.453. The van der Waals surface area contributed by atoms with Crippen LogP contribution in [0.5, 0.6) is 17.4 Å². The summed E-state index contributed by atoms with van der Waals surface area (Å²) in [4.78, 5) is 4.42. The van der Waals surface area contributed by atoms with Gasteiger partial charge in [0.2, 0.25) is 21.9 Å². The van der Waals surface area contributed by atoms with Crippen LogP contribution in [0.15, 0.2) is 36.4 Å². The molecule has 2 N–H and O–H groups in total. The number of pyridine rings is 1. The molecule has 2 heterocycles. The summed E-state index contributed by atoms with van der Waals surface area (Å²) in [6, 6.07) is 10.3. The molecule has 0 spiro atoms. The van der Waals surface area contributed by atoms with E-state index in [1.54, 1.807) is 36.4 Å². The fourth-order valence-electron chi connectivity index (χ4n) is 3.66. The number of hydrogen-bond donors (Lipinski definition) is 2. The zero-order chi connectivity index (χ0) is 24.5. The Bertz CT molecular complexity index is 1250. The lowest BCUT2D eigenvalue weighted by Crippen LogP contribution is -2.37. The van der Waals surface area contributed by atoms with E-state index < -0.39 is 21.4 Å². The van der Waals surface area contributed by atoms with Crippen LogP contribution in [-0.4, -0.2) is 66.0 Å².